The van der Waals surface area contributed by atoms with E-state index in [0.717, 1.165) is 50.7 Å². The van der Waals surface area contributed by atoms with E-state index in [2.05, 4.69) is 68.2 Å². The molecule has 0 spiro atoms. The number of aryl methyl sites for hydroxylation is 4. The zero-order valence-electron chi connectivity index (χ0n) is 16.4. The van der Waals surface area contributed by atoms with E-state index in [4.69, 9.17) is 0 Å². The summed E-state index contributed by atoms with van der Waals surface area (Å²) in [6, 6.07) is 12.9. The van der Waals surface area contributed by atoms with Crippen LogP contribution in [0, 0.1) is 27.7 Å². The number of fused-ring (bicyclic) bond motifs is 2. The van der Waals surface area contributed by atoms with Crippen LogP contribution in [-0.2, 0) is 0 Å². The maximum Gasteiger partial charge on any atom is 0.157 e. The van der Waals surface area contributed by atoms with E-state index >= 15 is 0 Å². The van der Waals surface area contributed by atoms with Gasteiger partial charge in [0.05, 0.1) is 0 Å². The molecular weight excluding hydrogens is 346 g/mol. The lowest BCUT2D eigenvalue weighted by molar-refractivity contribution is 1.12. The molecule has 0 radical (unpaired) electrons. The van der Waals surface area contributed by atoms with Crippen molar-refractivity contribution < 1.29 is 0 Å². The van der Waals surface area contributed by atoms with Gasteiger partial charge in [-0.05, 0) is 63.1 Å². The van der Waals surface area contributed by atoms with Gasteiger partial charge in [0, 0.05) is 45.3 Å². The van der Waals surface area contributed by atoms with Gasteiger partial charge in [0.1, 0.15) is 11.3 Å². The number of rotatable bonds is 2. The molecule has 138 valence electrons. The first kappa shape index (κ1) is 16.7. The van der Waals surface area contributed by atoms with Crippen LogP contribution in [0.25, 0.3) is 44.5 Å². The summed E-state index contributed by atoms with van der Waals surface area (Å²) >= 11 is 0. The van der Waals surface area contributed by atoms with Crippen molar-refractivity contribution in [2.24, 2.45) is 0 Å². The Morgan fingerprint density at radius 2 is 1.54 bits per heavy atom. The van der Waals surface area contributed by atoms with Gasteiger partial charge < -0.3 is 9.97 Å². The molecular formula is C23H21N5. The molecule has 5 nitrogen and oxygen atoms in total. The number of hydrogen-bond donors (Lipinski definition) is 2. The monoisotopic (exact) mass is 367 g/mol. The summed E-state index contributed by atoms with van der Waals surface area (Å²) < 4.78 is 0. The third-order valence-electron chi connectivity index (χ3n) is 5.22. The van der Waals surface area contributed by atoms with Gasteiger partial charge in [0.25, 0.3) is 0 Å². The number of nitrogens with one attached hydrogen (secondary N) is 2. The van der Waals surface area contributed by atoms with Crippen LogP contribution in [0.4, 0.5) is 0 Å². The highest BCUT2D eigenvalue weighted by Gasteiger charge is 2.12. The number of hydrogen-bond acceptors (Lipinski definition) is 3. The van der Waals surface area contributed by atoms with Crippen LogP contribution in [0.2, 0.25) is 0 Å². The number of nitrogens with zero attached hydrogens (tertiary/aromatic N) is 3. The molecule has 0 fully saturated rings. The van der Waals surface area contributed by atoms with E-state index in [1.807, 2.05) is 27.0 Å². The molecule has 5 aromatic rings. The van der Waals surface area contributed by atoms with Gasteiger partial charge in [-0.15, -0.1) is 0 Å². The van der Waals surface area contributed by atoms with E-state index in [1.165, 1.54) is 16.5 Å². The minimum atomic E-state index is 0.823. The molecule has 5 heteroatoms. The Bertz CT molecular complexity index is 1340. The van der Waals surface area contributed by atoms with Crippen LogP contribution in [0.15, 0.2) is 42.6 Å². The van der Waals surface area contributed by atoms with Crippen LogP contribution in [0.5, 0.6) is 0 Å². The third-order valence-corrected chi connectivity index (χ3v) is 5.22. The van der Waals surface area contributed by atoms with Crippen molar-refractivity contribution in [2.75, 3.05) is 0 Å². The second-order valence-corrected chi connectivity index (χ2v) is 7.44. The highest BCUT2D eigenvalue weighted by Crippen LogP contribution is 2.33. The Kier molecular flexibility index (Phi) is 3.59. The summed E-state index contributed by atoms with van der Waals surface area (Å²) in [5.41, 5.74) is 10.7. The van der Waals surface area contributed by atoms with E-state index < -0.39 is 0 Å². The van der Waals surface area contributed by atoms with Crippen molar-refractivity contribution in [1.29, 1.82) is 0 Å². The highest BCUT2D eigenvalue weighted by molar-refractivity contribution is 5.93. The first-order valence-electron chi connectivity index (χ1n) is 9.38. The van der Waals surface area contributed by atoms with E-state index in [0.29, 0.717) is 0 Å². The van der Waals surface area contributed by atoms with Crippen LogP contribution in [0.1, 0.15) is 22.8 Å². The minimum absolute atomic E-state index is 0.823. The Hall–Kier alpha value is -3.47. The van der Waals surface area contributed by atoms with E-state index in [-0.39, 0.29) is 0 Å². The minimum Gasteiger partial charge on any atom is -0.354 e. The predicted octanol–water partition coefficient (Wildman–Crippen LogP) is 5.40. The SMILES string of the molecule is Cc1cc(-c2[nH]c3cc(-c4cnc5[nH]c(C)nc5c4)ccc3c2C)cc(C)n1. The molecule has 0 saturated heterocycles. The van der Waals surface area contributed by atoms with Crippen LogP contribution >= 0.6 is 0 Å². The Morgan fingerprint density at radius 1 is 0.750 bits per heavy atom. The fourth-order valence-electron chi connectivity index (χ4n) is 3.96. The van der Waals surface area contributed by atoms with Gasteiger partial charge in [-0.25, -0.2) is 9.97 Å². The molecule has 0 atom stereocenters. The second kappa shape index (κ2) is 6.02. The van der Waals surface area contributed by atoms with Gasteiger partial charge in [-0.2, -0.15) is 0 Å². The molecule has 5 rings (SSSR count). The first-order chi connectivity index (χ1) is 13.5. The number of pyridine rings is 2. The largest absolute Gasteiger partial charge is 0.354 e. The van der Waals surface area contributed by atoms with Gasteiger partial charge >= 0.3 is 0 Å². The van der Waals surface area contributed by atoms with Crippen LogP contribution < -0.4 is 0 Å². The molecule has 0 bridgehead atoms. The Labute approximate surface area is 162 Å². The molecule has 0 aliphatic carbocycles. The van der Waals surface area contributed by atoms with E-state index in [1.54, 1.807) is 0 Å². The lowest BCUT2D eigenvalue weighted by atomic mass is 10.0. The summed E-state index contributed by atoms with van der Waals surface area (Å²) in [6.45, 7) is 8.18. The number of imidazole rings is 1. The maximum atomic E-state index is 4.51. The molecule has 0 unspecified atom stereocenters. The normalized spacial score (nSPS) is 11.6. The summed E-state index contributed by atoms with van der Waals surface area (Å²) in [5, 5.41) is 1.23. The third kappa shape index (κ3) is 2.67. The molecule has 4 aromatic heterocycles. The van der Waals surface area contributed by atoms with Crippen LogP contribution in [-0.4, -0.2) is 24.9 Å². The number of aromatic nitrogens is 5. The molecule has 0 aliphatic heterocycles. The maximum absolute atomic E-state index is 4.51. The summed E-state index contributed by atoms with van der Waals surface area (Å²) in [6.07, 6.45) is 1.90. The predicted molar refractivity (Wildman–Crippen MR) is 113 cm³/mol. The number of aromatic amines is 2. The van der Waals surface area contributed by atoms with Crippen molar-refractivity contribution in [3.63, 3.8) is 0 Å². The molecule has 1 aromatic carbocycles. The Balaban J connectivity index is 1.64. The average Bonchev–Trinajstić information content (AvgIpc) is 3.19. The summed E-state index contributed by atoms with van der Waals surface area (Å²) in [7, 11) is 0. The zero-order valence-corrected chi connectivity index (χ0v) is 16.4. The summed E-state index contributed by atoms with van der Waals surface area (Å²) in [4.78, 5) is 20.3. The molecule has 0 saturated carbocycles. The van der Waals surface area contributed by atoms with Gasteiger partial charge in [0.15, 0.2) is 5.65 Å². The van der Waals surface area contributed by atoms with Crippen molar-refractivity contribution in [3.05, 3.63) is 65.4 Å². The zero-order chi connectivity index (χ0) is 19.4. The molecule has 4 heterocycles. The molecule has 28 heavy (non-hydrogen) atoms. The summed E-state index contributed by atoms with van der Waals surface area (Å²) in [5.74, 6) is 0.877. The fourth-order valence-corrected chi connectivity index (χ4v) is 3.96. The van der Waals surface area contributed by atoms with Gasteiger partial charge in [-0.1, -0.05) is 12.1 Å². The van der Waals surface area contributed by atoms with Crippen LogP contribution in [0.3, 0.4) is 0 Å². The van der Waals surface area contributed by atoms with Crippen molar-refractivity contribution in [3.8, 4) is 22.4 Å². The quantitative estimate of drug-likeness (QED) is 0.439. The van der Waals surface area contributed by atoms with Gasteiger partial charge in [0.2, 0.25) is 0 Å². The fraction of sp³-hybridized carbons (Fsp3) is 0.174. The lowest BCUT2D eigenvalue weighted by Crippen LogP contribution is -1.89. The molecule has 0 amide bonds. The first-order valence-corrected chi connectivity index (χ1v) is 9.38. The van der Waals surface area contributed by atoms with E-state index in [9.17, 15) is 0 Å². The van der Waals surface area contributed by atoms with Crippen molar-refractivity contribution in [2.45, 2.75) is 27.7 Å². The highest BCUT2D eigenvalue weighted by atomic mass is 15.0. The lowest BCUT2D eigenvalue weighted by Gasteiger charge is -2.04. The Morgan fingerprint density at radius 3 is 2.32 bits per heavy atom. The second-order valence-electron chi connectivity index (χ2n) is 7.44. The van der Waals surface area contributed by atoms with Crippen molar-refractivity contribution >= 4 is 22.1 Å². The standard InChI is InChI=1S/C23H21N5/c1-12-7-17(8-13(2)25-12)22-14(3)19-6-5-16(9-20(19)28-22)18-10-21-23(24-11-18)27-15(4)26-21/h5-11,28H,1-4H3,(H,24,26,27). The molecule has 2 N–H and O–H groups in total. The van der Waals surface area contributed by atoms with Crippen molar-refractivity contribution in [1.82, 2.24) is 24.9 Å². The average molecular weight is 367 g/mol. The number of H-pyrrole nitrogens is 2. The molecule has 0 aliphatic rings. The number of benzene rings is 1. The van der Waals surface area contributed by atoms with Gasteiger partial charge in [-0.3, -0.25) is 4.98 Å². The topological polar surface area (TPSA) is 70.2 Å². The smallest absolute Gasteiger partial charge is 0.157 e.